The molecule has 3 rings (SSSR count). The second-order valence-corrected chi connectivity index (χ2v) is 4.57. The Morgan fingerprint density at radius 2 is 1.95 bits per heavy atom. The van der Waals surface area contributed by atoms with Crippen molar-refractivity contribution in [2.24, 2.45) is 0 Å². The Bertz CT molecular complexity index is 664. The van der Waals surface area contributed by atoms with Crippen LogP contribution in [0.5, 0.6) is 0 Å². The lowest BCUT2D eigenvalue weighted by Gasteiger charge is -2.26. The third kappa shape index (κ3) is 2.29. The van der Waals surface area contributed by atoms with Crippen LogP contribution >= 0.6 is 0 Å². The van der Waals surface area contributed by atoms with E-state index >= 15 is 0 Å². The Hall–Kier alpha value is -2.59. The van der Waals surface area contributed by atoms with Crippen molar-refractivity contribution in [1.29, 1.82) is 0 Å². The highest BCUT2D eigenvalue weighted by atomic mass is 16.5. The summed E-state index contributed by atoms with van der Waals surface area (Å²) < 4.78 is 0. The molecule has 0 spiro atoms. The first-order valence-electron chi connectivity index (χ1n) is 6.38. The standard InChI is InChI=1S/C16H15N3O/c1-12-10-15(18-11-13-6-3-2-4-7-13)14-8-5-9-17-16(14)19(12)20/h2-10,18,20H,1,11H2. The van der Waals surface area contributed by atoms with Crippen molar-refractivity contribution in [2.75, 3.05) is 5.06 Å². The minimum atomic E-state index is 0.492. The van der Waals surface area contributed by atoms with Gasteiger partial charge in [-0.1, -0.05) is 36.9 Å². The van der Waals surface area contributed by atoms with Gasteiger partial charge in [-0.3, -0.25) is 5.21 Å². The van der Waals surface area contributed by atoms with Crippen LogP contribution in [0.3, 0.4) is 0 Å². The van der Waals surface area contributed by atoms with E-state index in [9.17, 15) is 5.21 Å². The van der Waals surface area contributed by atoms with E-state index in [4.69, 9.17) is 0 Å². The van der Waals surface area contributed by atoms with Crippen LogP contribution in [0.25, 0.3) is 5.70 Å². The molecule has 0 fully saturated rings. The number of fused-ring (bicyclic) bond motifs is 1. The van der Waals surface area contributed by atoms with Crippen molar-refractivity contribution in [2.45, 2.75) is 6.54 Å². The number of benzene rings is 1. The average molecular weight is 265 g/mol. The largest absolute Gasteiger partial charge is 0.380 e. The monoisotopic (exact) mass is 265 g/mol. The quantitative estimate of drug-likeness (QED) is 0.895. The summed E-state index contributed by atoms with van der Waals surface area (Å²) in [5, 5.41) is 14.3. The van der Waals surface area contributed by atoms with E-state index in [0.717, 1.165) is 16.3 Å². The number of hydrogen-bond acceptors (Lipinski definition) is 4. The summed E-state index contributed by atoms with van der Waals surface area (Å²) in [4.78, 5) is 4.19. The molecule has 0 amide bonds. The van der Waals surface area contributed by atoms with Crippen LogP contribution in [0.4, 0.5) is 5.82 Å². The normalized spacial score (nSPS) is 13.8. The van der Waals surface area contributed by atoms with E-state index in [0.29, 0.717) is 18.1 Å². The van der Waals surface area contributed by atoms with Gasteiger partial charge in [-0.05, 0) is 23.8 Å². The first kappa shape index (κ1) is 12.4. The lowest BCUT2D eigenvalue weighted by atomic mass is 10.1. The number of allylic oxidation sites excluding steroid dienone is 1. The van der Waals surface area contributed by atoms with Crippen LogP contribution in [0.15, 0.2) is 67.0 Å². The van der Waals surface area contributed by atoms with Gasteiger partial charge in [-0.2, -0.15) is 0 Å². The lowest BCUT2D eigenvalue weighted by molar-refractivity contribution is 0.283. The number of hydroxylamine groups is 1. The van der Waals surface area contributed by atoms with Gasteiger partial charge < -0.3 is 5.32 Å². The summed E-state index contributed by atoms with van der Waals surface area (Å²) >= 11 is 0. The van der Waals surface area contributed by atoms with E-state index in [-0.39, 0.29) is 0 Å². The summed E-state index contributed by atoms with van der Waals surface area (Å²) in [6, 6.07) is 13.9. The van der Waals surface area contributed by atoms with Gasteiger partial charge in [0.15, 0.2) is 5.82 Å². The van der Waals surface area contributed by atoms with Gasteiger partial charge in [0.2, 0.25) is 0 Å². The number of anilines is 1. The summed E-state index contributed by atoms with van der Waals surface area (Å²) in [5.74, 6) is 0.496. The molecule has 4 heteroatoms. The SMILES string of the molecule is C=C1C=C(NCc2ccccc2)c2cccnc2N1O. The van der Waals surface area contributed by atoms with Gasteiger partial charge in [0, 0.05) is 24.0 Å². The van der Waals surface area contributed by atoms with Gasteiger partial charge >= 0.3 is 0 Å². The zero-order valence-electron chi connectivity index (χ0n) is 11.0. The fraction of sp³-hybridized carbons (Fsp3) is 0.0625. The fourth-order valence-electron chi connectivity index (χ4n) is 2.16. The maximum absolute atomic E-state index is 9.93. The lowest BCUT2D eigenvalue weighted by Crippen LogP contribution is -2.25. The topological polar surface area (TPSA) is 48.4 Å². The second kappa shape index (κ2) is 5.19. The van der Waals surface area contributed by atoms with Crippen LogP contribution in [0, 0.1) is 0 Å². The first-order valence-corrected chi connectivity index (χ1v) is 6.38. The minimum Gasteiger partial charge on any atom is -0.380 e. The van der Waals surface area contributed by atoms with Crippen LogP contribution < -0.4 is 10.4 Å². The summed E-state index contributed by atoms with van der Waals surface area (Å²) in [6.07, 6.45) is 3.46. The number of aromatic nitrogens is 1. The smallest absolute Gasteiger partial charge is 0.167 e. The molecule has 1 aliphatic rings. The van der Waals surface area contributed by atoms with Crippen molar-refractivity contribution < 1.29 is 5.21 Å². The van der Waals surface area contributed by atoms with Gasteiger partial charge in [0.05, 0.1) is 5.70 Å². The second-order valence-electron chi connectivity index (χ2n) is 4.57. The molecule has 0 radical (unpaired) electrons. The Labute approximate surface area is 117 Å². The van der Waals surface area contributed by atoms with Crippen molar-refractivity contribution >= 4 is 11.5 Å². The molecule has 100 valence electrons. The van der Waals surface area contributed by atoms with Crippen LogP contribution in [-0.2, 0) is 6.54 Å². The Kier molecular flexibility index (Phi) is 3.23. The molecule has 1 aromatic heterocycles. The van der Waals surface area contributed by atoms with Gasteiger partial charge in [-0.25, -0.2) is 10.0 Å². The highest BCUT2D eigenvalue weighted by Crippen LogP contribution is 2.30. The summed E-state index contributed by atoms with van der Waals surface area (Å²) in [6.45, 7) is 4.53. The highest BCUT2D eigenvalue weighted by molar-refractivity contribution is 5.79. The van der Waals surface area contributed by atoms with E-state index in [2.05, 4.69) is 29.0 Å². The predicted octanol–water partition coefficient (Wildman–Crippen LogP) is 2.94. The zero-order valence-corrected chi connectivity index (χ0v) is 11.0. The van der Waals surface area contributed by atoms with E-state index in [1.54, 1.807) is 6.20 Å². The fourth-order valence-corrected chi connectivity index (χ4v) is 2.16. The molecular weight excluding hydrogens is 250 g/mol. The van der Waals surface area contributed by atoms with Crippen LogP contribution in [0.1, 0.15) is 11.1 Å². The van der Waals surface area contributed by atoms with Crippen molar-refractivity contribution in [1.82, 2.24) is 10.3 Å². The molecule has 0 aliphatic carbocycles. The molecule has 1 aromatic carbocycles. The molecule has 1 aliphatic heterocycles. The molecule has 2 aromatic rings. The Balaban J connectivity index is 1.86. The minimum absolute atomic E-state index is 0.492. The Morgan fingerprint density at radius 3 is 2.75 bits per heavy atom. The number of nitrogens with one attached hydrogen (secondary N) is 1. The van der Waals surface area contributed by atoms with Crippen molar-refractivity contribution in [3.63, 3.8) is 0 Å². The summed E-state index contributed by atoms with van der Waals surface area (Å²) in [7, 11) is 0. The van der Waals surface area contributed by atoms with E-state index in [1.165, 1.54) is 5.56 Å². The maximum Gasteiger partial charge on any atom is 0.167 e. The highest BCUT2D eigenvalue weighted by Gasteiger charge is 2.20. The van der Waals surface area contributed by atoms with Crippen LogP contribution in [-0.4, -0.2) is 10.2 Å². The van der Waals surface area contributed by atoms with Gasteiger partial charge in [-0.15, -0.1) is 0 Å². The maximum atomic E-state index is 9.93. The molecule has 4 nitrogen and oxygen atoms in total. The molecule has 20 heavy (non-hydrogen) atoms. The molecule has 0 atom stereocenters. The summed E-state index contributed by atoms with van der Waals surface area (Å²) in [5.41, 5.74) is 3.45. The molecule has 0 bridgehead atoms. The first-order chi connectivity index (χ1) is 9.75. The number of pyridine rings is 1. The molecule has 2 heterocycles. The van der Waals surface area contributed by atoms with E-state index in [1.807, 2.05) is 36.4 Å². The van der Waals surface area contributed by atoms with E-state index < -0.39 is 0 Å². The Morgan fingerprint density at radius 1 is 1.15 bits per heavy atom. The third-order valence-corrected chi connectivity index (χ3v) is 3.19. The predicted molar refractivity (Wildman–Crippen MR) is 78.9 cm³/mol. The molecular formula is C16H15N3O. The van der Waals surface area contributed by atoms with Gasteiger partial charge in [0.1, 0.15) is 0 Å². The number of rotatable bonds is 3. The van der Waals surface area contributed by atoms with Crippen LogP contribution in [0.2, 0.25) is 0 Å². The van der Waals surface area contributed by atoms with Crippen molar-refractivity contribution in [3.05, 3.63) is 78.1 Å². The molecule has 2 N–H and O–H groups in total. The average Bonchev–Trinajstić information content (AvgIpc) is 2.50. The molecule has 0 saturated carbocycles. The number of hydrogen-bond donors (Lipinski definition) is 2. The molecule has 0 saturated heterocycles. The third-order valence-electron chi connectivity index (χ3n) is 3.19. The molecule has 0 unspecified atom stereocenters. The number of nitrogens with zero attached hydrogens (tertiary/aromatic N) is 2. The van der Waals surface area contributed by atoms with Gasteiger partial charge in [0.25, 0.3) is 0 Å². The zero-order chi connectivity index (χ0) is 13.9. The van der Waals surface area contributed by atoms with Crippen molar-refractivity contribution in [3.8, 4) is 0 Å².